The van der Waals surface area contributed by atoms with E-state index in [1.165, 1.54) is 12.8 Å². The number of carbonyl (C=O) groups is 2. The SMILES string of the molecule is Cl.O=C(CC1CC2CCC(C1)N2)Nc1ccccc1OCC(=O)N1CCOCC1. The van der Waals surface area contributed by atoms with E-state index in [4.69, 9.17) is 9.47 Å². The second-order valence-corrected chi connectivity index (χ2v) is 8.01. The van der Waals surface area contributed by atoms with Crippen LogP contribution in [0.1, 0.15) is 32.1 Å². The van der Waals surface area contributed by atoms with E-state index in [0.717, 1.165) is 12.8 Å². The maximum absolute atomic E-state index is 12.6. The van der Waals surface area contributed by atoms with Gasteiger partial charge in [0.2, 0.25) is 5.91 Å². The van der Waals surface area contributed by atoms with Gasteiger partial charge in [-0.1, -0.05) is 12.1 Å². The third-order valence-corrected chi connectivity index (χ3v) is 5.92. The number of anilines is 1. The zero-order valence-corrected chi connectivity index (χ0v) is 17.4. The molecular formula is C21H30ClN3O4. The summed E-state index contributed by atoms with van der Waals surface area (Å²) >= 11 is 0. The van der Waals surface area contributed by atoms with Crippen LogP contribution in [0.4, 0.5) is 5.69 Å². The van der Waals surface area contributed by atoms with Gasteiger partial charge in [0, 0.05) is 31.6 Å². The molecule has 0 spiro atoms. The van der Waals surface area contributed by atoms with Crippen molar-refractivity contribution in [2.45, 2.75) is 44.2 Å². The van der Waals surface area contributed by atoms with Crippen molar-refractivity contribution in [1.82, 2.24) is 10.2 Å². The van der Waals surface area contributed by atoms with Crippen molar-refractivity contribution in [3.8, 4) is 5.75 Å². The molecule has 3 heterocycles. The van der Waals surface area contributed by atoms with Crippen molar-refractivity contribution in [1.29, 1.82) is 0 Å². The van der Waals surface area contributed by atoms with Gasteiger partial charge >= 0.3 is 0 Å². The highest BCUT2D eigenvalue weighted by molar-refractivity contribution is 5.92. The number of piperidine rings is 1. The molecular weight excluding hydrogens is 394 g/mol. The van der Waals surface area contributed by atoms with Crippen molar-refractivity contribution < 1.29 is 19.1 Å². The van der Waals surface area contributed by atoms with Crippen LogP contribution in [0.5, 0.6) is 5.75 Å². The van der Waals surface area contributed by atoms with Crippen LogP contribution in [0.3, 0.4) is 0 Å². The maximum atomic E-state index is 12.6. The molecule has 4 rings (SSSR count). The molecule has 2 N–H and O–H groups in total. The van der Waals surface area contributed by atoms with Crippen LogP contribution in [0.2, 0.25) is 0 Å². The standard InChI is InChI=1S/C21H29N3O4.ClH/c25-20(13-15-11-16-5-6-17(12-15)22-16)23-18-3-1-2-4-19(18)28-14-21(26)24-7-9-27-10-8-24;/h1-4,15-17,22H,5-14H2,(H,23,25);1H. The molecule has 7 nitrogen and oxygen atoms in total. The number of nitrogens with one attached hydrogen (secondary N) is 2. The van der Waals surface area contributed by atoms with Gasteiger partial charge in [-0.3, -0.25) is 9.59 Å². The van der Waals surface area contributed by atoms with Crippen LogP contribution in [0.25, 0.3) is 0 Å². The Hall–Kier alpha value is -1.83. The van der Waals surface area contributed by atoms with Crippen molar-refractivity contribution in [3.05, 3.63) is 24.3 Å². The number of amides is 2. The molecule has 3 aliphatic rings. The predicted molar refractivity (Wildman–Crippen MR) is 113 cm³/mol. The van der Waals surface area contributed by atoms with E-state index in [9.17, 15) is 9.59 Å². The van der Waals surface area contributed by atoms with E-state index in [0.29, 0.717) is 62.2 Å². The molecule has 2 unspecified atom stereocenters. The molecule has 0 aromatic heterocycles. The van der Waals surface area contributed by atoms with E-state index in [1.54, 1.807) is 11.0 Å². The molecule has 0 saturated carbocycles. The summed E-state index contributed by atoms with van der Waals surface area (Å²) in [4.78, 5) is 26.6. The third kappa shape index (κ3) is 5.84. The first-order valence-electron chi connectivity index (χ1n) is 10.3. The summed E-state index contributed by atoms with van der Waals surface area (Å²) in [6.45, 7) is 2.29. The van der Waals surface area contributed by atoms with Crippen LogP contribution < -0.4 is 15.4 Å². The average Bonchev–Trinajstić information content (AvgIpc) is 3.05. The summed E-state index contributed by atoms with van der Waals surface area (Å²) < 4.78 is 11.0. The Morgan fingerprint density at radius 1 is 1.14 bits per heavy atom. The Labute approximate surface area is 177 Å². The monoisotopic (exact) mass is 423 g/mol. The van der Waals surface area contributed by atoms with Gasteiger partial charge in [-0.25, -0.2) is 0 Å². The van der Waals surface area contributed by atoms with Gasteiger partial charge in [-0.2, -0.15) is 0 Å². The van der Waals surface area contributed by atoms with Gasteiger partial charge in [-0.05, 0) is 43.7 Å². The highest BCUT2D eigenvalue weighted by atomic mass is 35.5. The Morgan fingerprint density at radius 3 is 2.55 bits per heavy atom. The minimum Gasteiger partial charge on any atom is -0.482 e. The molecule has 3 saturated heterocycles. The molecule has 8 heteroatoms. The highest BCUT2D eigenvalue weighted by Crippen LogP contribution is 2.33. The van der Waals surface area contributed by atoms with Crippen LogP contribution >= 0.6 is 12.4 Å². The number of benzene rings is 1. The number of para-hydroxylation sites is 2. The zero-order chi connectivity index (χ0) is 19.3. The van der Waals surface area contributed by atoms with E-state index in [-0.39, 0.29) is 30.8 Å². The number of hydrogen-bond donors (Lipinski definition) is 2. The van der Waals surface area contributed by atoms with Crippen molar-refractivity contribution in [3.63, 3.8) is 0 Å². The molecule has 0 aliphatic carbocycles. The fourth-order valence-corrected chi connectivity index (χ4v) is 4.54. The number of rotatable bonds is 6. The Bertz CT molecular complexity index is 699. The lowest BCUT2D eigenvalue weighted by Gasteiger charge is -2.28. The molecule has 0 radical (unpaired) electrons. The number of hydrogen-bond acceptors (Lipinski definition) is 5. The van der Waals surface area contributed by atoms with Crippen molar-refractivity contribution in [2.75, 3.05) is 38.2 Å². The molecule has 3 aliphatic heterocycles. The van der Waals surface area contributed by atoms with E-state index in [2.05, 4.69) is 10.6 Å². The molecule has 2 atom stereocenters. The average molecular weight is 424 g/mol. The van der Waals surface area contributed by atoms with E-state index < -0.39 is 0 Å². The molecule has 3 fully saturated rings. The number of halogens is 1. The first kappa shape index (κ1) is 21.9. The second-order valence-electron chi connectivity index (χ2n) is 8.01. The van der Waals surface area contributed by atoms with Gasteiger partial charge in [0.1, 0.15) is 5.75 Å². The number of morpholine rings is 1. The number of carbonyl (C=O) groups excluding carboxylic acids is 2. The topological polar surface area (TPSA) is 79.9 Å². The van der Waals surface area contributed by atoms with Crippen LogP contribution in [-0.4, -0.2) is 61.7 Å². The minimum absolute atomic E-state index is 0. The van der Waals surface area contributed by atoms with Gasteiger partial charge in [-0.15, -0.1) is 12.4 Å². The normalized spacial score (nSPS) is 25.8. The number of fused-ring (bicyclic) bond motifs is 2. The summed E-state index contributed by atoms with van der Waals surface area (Å²) in [6.07, 6.45) is 5.16. The fraction of sp³-hybridized carbons (Fsp3) is 0.619. The lowest BCUT2D eigenvalue weighted by molar-refractivity contribution is -0.137. The van der Waals surface area contributed by atoms with Crippen LogP contribution in [-0.2, 0) is 14.3 Å². The molecule has 160 valence electrons. The summed E-state index contributed by atoms with van der Waals surface area (Å²) in [5, 5.41) is 6.59. The first-order chi connectivity index (χ1) is 13.7. The summed E-state index contributed by atoms with van der Waals surface area (Å²) in [5.41, 5.74) is 0.624. The smallest absolute Gasteiger partial charge is 0.260 e. The summed E-state index contributed by atoms with van der Waals surface area (Å²) in [5.74, 6) is 0.925. The molecule has 2 amide bonds. The predicted octanol–water partition coefficient (Wildman–Crippen LogP) is 2.21. The lowest BCUT2D eigenvalue weighted by atomic mass is 9.89. The fourth-order valence-electron chi connectivity index (χ4n) is 4.54. The van der Waals surface area contributed by atoms with E-state index >= 15 is 0 Å². The van der Waals surface area contributed by atoms with Crippen molar-refractivity contribution in [2.24, 2.45) is 5.92 Å². The maximum Gasteiger partial charge on any atom is 0.260 e. The Morgan fingerprint density at radius 2 is 1.83 bits per heavy atom. The second kappa shape index (κ2) is 10.3. The number of ether oxygens (including phenoxy) is 2. The van der Waals surface area contributed by atoms with Crippen LogP contribution in [0, 0.1) is 5.92 Å². The zero-order valence-electron chi connectivity index (χ0n) is 16.6. The van der Waals surface area contributed by atoms with Gasteiger partial charge in [0.15, 0.2) is 6.61 Å². The summed E-state index contributed by atoms with van der Waals surface area (Å²) in [6, 6.07) is 8.47. The number of nitrogens with zero attached hydrogens (tertiary/aromatic N) is 1. The molecule has 1 aromatic rings. The largest absolute Gasteiger partial charge is 0.482 e. The van der Waals surface area contributed by atoms with E-state index in [1.807, 2.05) is 18.2 Å². The Kier molecular flexibility index (Phi) is 7.75. The quantitative estimate of drug-likeness (QED) is 0.733. The molecule has 2 bridgehead atoms. The van der Waals surface area contributed by atoms with Crippen LogP contribution in [0.15, 0.2) is 24.3 Å². The Balaban J connectivity index is 0.00000240. The van der Waals surface area contributed by atoms with Gasteiger partial charge < -0.3 is 25.0 Å². The third-order valence-electron chi connectivity index (χ3n) is 5.92. The van der Waals surface area contributed by atoms with Gasteiger partial charge in [0.25, 0.3) is 5.91 Å². The van der Waals surface area contributed by atoms with Gasteiger partial charge in [0.05, 0.1) is 18.9 Å². The lowest BCUT2D eigenvalue weighted by Crippen LogP contribution is -2.43. The minimum atomic E-state index is -0.0605. The summed E-state index contributed by atoms with van der Waals surface area (Å²) in [7, 11) is 0. The molecule has 1 aromatic carbocycles. The molecule has 29 heavy (non-hydrogen) atoms. The van der Waals surface area contributed by atoms with Crippen molar-refractivity contribution >= 4 is 29.9 Å². The highest BCUT2D eigenvalue weighted by Gasteiger charge is 2.34. The first-order valence-corrected chi connectivity index (χ1v) is 10.3.